The van der Waals surface area contributed by atoms with Gasteiger partial charge in [-0.05, 0) is 19.3 Å². The Labute approximate surface area is 101 Å². The van der Waals surface area contributed by atoms with Crippen molar-refractivity contribution in [2.45, 2.75) is 50.7 Å². The molecular formula is C10H19NO5S. The molecule has 3 N–H and O–H groups in total. The third kappa shape index (κ3) is 5.47. The summed E-state index contributed by atoms with van der Waals surface area (Å²) in [5, 5.41) is 18.0. The molecule has 1 aliphatic carbocycles. The zero-order valence-electron chi connectivity index (χ0n) is 9.63. The highest BCUT2D eigenvalue weighted by Crippen LogP contribution is 2.19. The Morgan fingerprint density at radius 1 is 1.29 bits per heavy atom. The number of sulfonamides is 1. The van der Waals surface area contributed by atoms with Crippen molar-refractivity contribution in [1.29, 1.82) is 0 Å². The summed E-state index contributed by atoms with van der Waals surface area (Å²) in [7, 11) is -3.48. The first-order valence-corrected chi connectivity index (χ1v) is 7.46. The van der Waals surface area contributed by atoms with Crippen molar-refractivity contribution < 1.29 is 23.4 Å². The van der Waals surface area contributed by atoms with Gasteiger partial charge in [0, 0.05) is 12.5 Å². The van der Waals surface area contributed by atoms with Crippen LogP contribution in [0.3, 0.4) is 0 Å². The molecule has 17 heavy (non-hydrogen) atoms. The molecule has 2 atom stereocenters. The van der Waals surface area contributed by atoms with Crippen LogP contribution in [-0.2, 0) is 14.8 Å². The monoisotopic (exact) mass is 265 g/mol. The van der Waals surface area contributed by atoms with Gasteiger partial charge in [-0.15, -0.1) is 0 Å². The SMILES string of the molecule is O=C(O)CCCS(=O)(=O)N[C@@H]1CCCC[C@H]1O. The van der Waals surface area contributed by atoms with Crippen LogP contribution < -0.4 is 4.72 Å². The average molecular weight is 265 g/mol. The van der Waals surface area contributed by atoms with E-state index in [1.54, 1.807) is 0 Å². The lowest BCUT2D eigenvalue weighted by Crippen LogP contribution is -2.45. The number of rotatable bonds is 6. The molecule has 0 aromatic rings. The highest BCUT2D eigenvalue weighted by molar-refractivity contribution is 7.89. The van der Waals surface area contributed by atoms with E-state index in [1.165, 1.54) is 0 Å². The molecule has 0 spiro atoms. The molecule has 0 unspecified atom stereocenters. The first kappa shape index (κ1) is 14.4. The first-order chi connectivity index (χ1) is 7.91. The Balaban J connectivity index is 2.39. The standard InChI is InChI=1S/C10H19NO5S/c12-9-5-2-1-4-8(9)11-17(15,16)7-3-6-10(13)14/h8-9,11-12H,1-7H2,(H,13,14)/t8-,9-/m1/s1. The van der Waals surface area contributed by atoms with Crippen LogP contribution in [0, 0.1) is 0 Å². The van der Waals surface area contributed by atoms with Crippen LogP contribution in [0.2, 0.25) is 0 Å². The molecule has 0 amide bonds. The van der Waals surface area contributed by atoms with Crippen LogP contribution in [0.4, 0.5) is 0 Å². The average Bonchev–Trinajstić information content (AvgIpc) is 2.20. The fourth-order valence-corrected chi connectivity index (χ4v) is 3.33. The van der Waals surface area contributed by atoms with Gasteiger partial charge in [0.1, 0.15) is 0 Å². The number of carboxylic acid groups (broad SMARTS) is 1. The normalized spacial score (nSPS) is 25.7. The smallest absolute Gasteiger partial charge is 0.303 e. The summed E-state index contributed by atoms with van der Waals surface area (Å²) >= 11 is 0. The second-order valence-corrected chi connectivity index (χ2v) is 6.27. The van der Waals surface area contributed by atoms with Crippen LogP contribution >= 0.6 is 0 Å². The van der Waals surface area contributed by atoms with E-state index in [1.807, 2.05) is 0 Å². The molecule has 0 heterocycles. The molecule has 0 radical (unpaired) electrons. The summed E-state index contributed by atoms with van der Waals surface area (Å²) in [6.07, 6.45) is 2.37. The number of hydrogen-bond donors (Lipinski definition) is 3. The molecule has 1 saturated carbocycles. The van der Waals surface area contributed by atoms with Gasteiger partial charge < -0.3 is 10.2 Å². The molecule has 0 bridgehead atoms. The zero-order valence-corrected chi connectivity index (χ0v) is 10.4. The maximum absolute atomic E-state index is 11.6. The van der Waals surface area contributed by atoms with Crippen molar-refractivity contribution in [3.8, 4) is 0 Å². The van der Waals surface area contributed by atoms with Crippen LogP contribution in [0.25, 0.3) is 0 Å². The molecule has 1 aliphatic rings. The number of carboxylic acids is 1. The van der Waals surface area contributed by atoms with E-state index >= 15 is 0 Å². The second kappa shape index (κ2) is 6.32. The quantitative estimate of drug-likeness (QED) is 0.630. The van der Waals surface area contributed by atoms with Gasteiger partial charge in [0.05, 0.1) is 11.9 Å². The van der Waals surface area contributed by atoms with Gasteiger partial charge in [-0.1, -0.05) is 12.8 Å². The van der Waals surface area contributed by atoms with E-state index in [9.17, 15) is 18.3 Å². The molecular weight excluding hydrogens is 246 g/mol. The van der Waals surface area contributed by atoms with E-state index in [0.717, 1.165) is 12.8 Å². The van der Waals surface area contributed by atoms with Crippen LogP contribution in [0.15, 0.2) is 0 Å². The number of aliphatic hydroxyl groups excluding tert-OH is 1. The second-order valence-electron chi connectivity index (χ2n) is 4.39. The highest BCUT2D eigenvalue weighted by atomic mass is 32.2. The van der Waals surface area contributed by atoms with Crippen LogP contribution in [0.5, 0.6) is 0 Å². The molecule has 0 aromatic heterocycles. The predicted octanol–water partition coefficient (Wildman–Crippen LogP) is 0.0741. The van der Waals surface area contributed by atoms with Gasteiger partial charge in [-0.2, -0.15) is 0 Å². The van der Waals surface area contributed by atoms with E-state index < -0.39 is 28.1 Å². The molecule has 6 nitrogen and oxygen atoms in total. The highest BCUT2D eigenvalue weighted by Gasteiger charge is 2.26. The van der Waals surface area contributed by atoms with E-state index in [0.29, 0.717) is 12.8 Å². The minimum absolute atomic E-state index is 0.0908. The molecule has 7 heteroatoms. The Hall–Kier alpha value is -0.660. The number of carbonyl (C=O) groups is 1. The maximum atomic E-state index is 11.6. The number of nitrogens with one attached hydrogen (secondary N) is 1. The lowest BCUT2D eigenvalue weighted by Gasteiger charge is -2.28. The third-order valence-electron chi connectivity index (χ3n) is 2.86. The Kier molecular flexibility index (Phi) is 5.35. The van der Waals surface area contributed by atoms with Crippen molar-refractivity contribution in [2.24, 2.45) is 0 Å². The number of aliphatic carboxylic acids is 1. The van der Waals surface area contributed by atoms with Gasteiger partial charge in [0.2, 0.25) is 10.0 Å². The van der Waals surface area contributed by atoms with Gasteiger partial charge in [0.25, 0.3) is 0 Å². The minimum Gasteiger partial charge on any atom is -0.481 e. The van der Waals surface area contributed by atoms with E-state index in [-0.39, 0.29) is 18.6 Å². The van der Waals surface area contributed by atoms with Crippen molar-refractivity contribution in [3.05, 3.63) is 0 Å². The predicted molar refractivity (Wildman–Crippen MR) is 62.1 cm³/mol. The van der Waals surface area contributed by atoms with Crippen molar-refractivity contribution in [3.63, 3.8) is 0 Å². The lowest BCUT2D eigenvalue weighted by molar-refractivity contribution is -0.137. The third-order valence-corrected chi connectivity index (χ3v) is 4.35. The summed E-state index contributed by atoms with van der Waals surface area (Å²) in [6.45, 7) is 0. The maximum Gasteiger partial charge on any atom is 0.303 e. The van der Waals surface area contributed by atoms with Crippen LogP contribution in [-0.4, -0.2) is 42.5 Å². The summed E-state index contributed by atoms with van der Waals surface area (Å²) in [6, 6.07) is -0.418. The molecule has 1 rings (SSSR count). The van der Waals surface area contributed by atoms with Gasteiger partial charge in [0.15, 0.2) is 0 Å². The fraction of sp³-hybridized carbons (Fsp3) is 0.900. The van der Waals surface area contributed by atoms with Crippen molar-refractivity contribution >= 4 is 16.0 Å². The van der Waals surface area contributed by atoms with Gasteiger partial charge in [-0.3, -0.25) is 4.79 Å². The summed E-state index contributed by atoms with van der Waals surface area (Å²) in [4.78, 5) is 10.3. The van der Waals surface area contributed by atoms with Crippen LogP contribution in [0.1, 0.15) is 38.5 Å². The number of aliphatic hydroxyl groups is 1. The Morgan fingerprint density at radius 2 is 1.94 bits per heavy atom. The molecule has 100 valence electrons. The topological polar surface area (TPSA) is 104 Å². The Bertz CT molecular complexity index is 354. The molecule has 1 fully saturated rings. The zero-order chi connectivity index (χ0) is 12.9. The largest absolute Gasteiger partial charge is 0.481 e. The molecule has 0 aromatic carbocycles. The van der Waals surface area contributed by atoms with Crippen molar-refractivity contribution in [2.75, 3.05) is 5.75 Å². The van der Waals surface area contributed by atoms with Crippen molar-refractivity contribution in [1.82, 2.24) is 4.72 Å². The minimum atomic E-state index is -3.48. The summed E-state index contributed by atoms with van der Waals surface area (Å²) in [5.41, 5.74) is 0. The molecule has 0 saturated heterocycles. The molecule has 0 aliphatic heterocycles. The fourth-order valence-electron chi connectivity index (χ4n) is 1.95. The summed E-state index contributed by atoms with van der Waals surface area (Å²) < 4.78 is 25.7. The Morgan fingerprint density at radius 3 is 2.53 bits per heavy atom. The van der Waals surface area contributed by atoms with Gasteiger partial charge in [-0.25, -0.2) is 13.1 Å². The van der Waals surface area contributed by atoms with E-state index in [4.69, 9.17) is 5.11 Å². The van der Waals surface area contributed by atoms with Gasteiger partial charge >= 0.3 is 5.97 Å². The summed E-state index contributed by atoms with van der Waals surface area (Å²) in [5.74, 6) is -1.21. The lowest BCUT2D eigenvalue weighted by atomic mass is 9.93. The number of hydrogen-bond acceptors (Lipinski definition) is 4. The van der Waals surface area contributed by atoms with E-state index in [2.05, 4.69) is 4.72 Å². The first-order valence-electron chi connectivity index (χ1n) is 5.80.